The molecule has 37 heavy (non-hydrogen) atoms. The van der Waals surface area contributed by atoms with E-state index in [1.807, 2.05) is 30.5 Å². The molecule has 10 heteroatoms. The third kappa shape index (κ3) is 6.19. The molecule has 2 aliphatic heterocycles. The van der Waals surface area contributed by atoms with Gasteiger partial charge in [-0.25, -0.2) is 0 Å². The molecule has 1 atom stereocenters. The number of carbonyl (C=O) groups is 1. The minimum Gasteiger partial charge on any atom is -0.351 e. The van der Waals surface area contributed by atoms with E-state index in [4.69, 9.17) is 9.97 Å². The van der Waals surface area contributed by atoms with Crippen molar-refractivity contribution in [3.8, 4) is 0 Å². The van der Waals surface area contributed by atoms with Crippen molar-refractivity contribution in [1.29, 1.82) is 0 Å². The zero-order valence-corrected chi connectivity index (χ0v) is 22.1. The Morgan fingerprint density at radius 1 is 1.19 bits per heavy atom. The molecule has 2 aliphatic rings. The van der Waals surface area contributed by atoms with Gasteiger partial charge in [-0.2, -0.15) is 19.6 Å². The van der Waals surface area contributed by atoms with E-state index in [1.54, 1.807) is 4.52 Å². The van der Waals surface area contributed by atoms with Crippen LogP contribution in [0.1, 0.15) is 56.6 Å². The van der Waals surface area contributed by atoms with E-state index in [-0.39, 0.29) is 11.8 Å². The smallest absolute Gasteiger partial charge is 0.229 e. The minimum atomic E-state index is 0.0234. The lowest BCUT2D eigenvalue weighted by atomic mass is 9.99. The molecule has 0 aliphatic carbocycles. The van der Waals surface area contributed by atoms with E-state index >= 15 is 0 Å². The Kier molecular flexibility index (Phi) is 7.85. The van der Waals surface area contributed by atoms with Crippen LogP contribution in [0.25, 0.3) is 5.65 Å². The molecule has 4 heterocycles. The highest BCUT2D eigenvalue weighted by Gasteiger charge is 2.22. The van der Waals surface area contributed by atoms with Gasteiger partial charge in [0.2, 0.25) is 17.8 Å². The number of carbonyl (C=O) groups excluding carboxylic acids is 1. The van der Waals surface area contributed by atoms with Gasteiger partial charge in [-0.15, -0.1) is 0 Å². The van der Waals surface area contributed by atoms with Gasteiger partial charge in [-0.1, -0.05) is 26.0 Å². The summed E-state index contributed by atoms with van der Waals surface area (Å²) in [7, 11) is 2.16. The van der Waals surface area contributed by atoms with Crippen molar-refractivity contribution < 1.29 is 4.79 Å². The van der Waals surface area contributed by atoms with E-state index in [0.29, 0.717) is 30.4 Å². The van der Waals surface area contributed by atoms with Gasteiger partial charge in [0.05, 0.1) is 12.1 Å². The lowest BCUT2D eigenvalue weighted by Crippen LogP contribution is -2.37. The number of hydrogen-bond donors (Lipinski definition) is 4. The molecule has 4 N–H and O–H groups in total. The van der Waals surface area contributed by atoms with E-state index in [1.165, 1.54) is 0 Å². The Hall–Kier alpha value is -3.24. The number of fused-ring (bicyclic) bond motifs is 1. The molecule has 10 nitrogen and oxygen atoms in total. The first-order chi connectivity index (χ1) is 18.0. The molecule has 2 aromatic heterocycles. The number of rotatable bonds is 8. The van der Waals surface area contributed by atoms with Crippen LogP contribution in [-0.2, 0) is 11.3 Å². The summed E-state index contributed by atoms with van der Waals surface area (Å²) in [6, 6.07) is 8.33. The predicted octanol–water partition coefficient (Wildman–Crippen LogP) is 3.30. The largest absolute Gasteiger partial charge is 0.351 e. The monoisotopic (exact) mass is 505 g/mol. The van der Waals surface area contributed by atoms with Crippen LogP contribution in [0.3, 0.4) is 0 Å². The first-order valence-corrected chi connectivity index (χ1v) is 13.5. The summed E-state index contributed by atoms with van der Waals surface area (Å²) in [5.41, 5.74) is 3.78. The molecule has 2 fully saturated rings. The maximum absolute atomic E-state index is 12.7. The Labute approximate surface area is 218 Å². The summed E-state index contributed by atoms with van der Waals surface area (Å²) in [4.78, 5) is 24.7. The molecule has 0 radical (unpaired) electrons. The molecule has 5 rings (SSSR count). The second-order valence-corrected chi connectivity index (χ2v) is 10.7. The van der Waals surface area contributed by atoms with Crippen LogP contribution in [-0.4, -0.2) is 69.7 Å². The number of benzene rings is 1. The zero-order chi connectivity index (χ0) is 25.8. The van der Waals surface area contributed by atoms with Crippen molar-refractivity contribution in [2.24, 2.45) is 5.92 Å². The van der Waals surface area contributed by atoms with Gasteiger partial charge in [-0.3, -0.25) is 4.79 Å². The molecular weight excluding hydrogens is 466 g/mol. The first kappa shape index (κ1) is 25.4. The number of nitrogens with one attached hydrogen (secondary N) is 4. The molecular formula is C27H39N9O. The fourth-order valence-corrected chi connectivity index (χ4v) is 5.08. The number of hydrogen-bond acceptors (Lipinski definition) is 8. The number of anilines is 3. The highest BCUT2D eigenvalue weighted by molar-refractivity contribution is 5.92. The van der Waals surface area contributed by atoms with Crippen molar-refractivity contribution in [1.82, 2.24) is 29.8 Å². The molecule has 0 saturated carbocycles. The van der Waals surface area contributed by atoms with Gasteiger partial charge in [0, 0.05) is 30.4 Å². The fourth-order valence-electron chi connectivity index (χ4n) is 5.08. The molecule has 0 spiro atoms. The van der Waals surface area contributed by atoms with Crippen LogP contribution in [0.15, 0.2) is 30.5 Å². The zero-order valence-electron chi connectivity index (χ0n) is 22.1. The van der Waals surface area contributed by atoms with Crippen LogP contribution in [0.4, 0.5) is 17.6 Å². The Bertz CT molecular complexity index is 1210. The van der Waals surface area contributed by atoms with Crippen LogP contribution in [0.5, 0.6) is 0 Å². The summed E-state index contributed by atoms with van der Waals surface area (Å²) in [6.07, 6.45) is 5.99. The van der Waals surface area contributed by atoms with Crippen LogP contribution in [0, 0.1) is 5.92 Å². The summed E-state index contributed by atoms with van der Waals surface area (Å²) in [5, 5.41) is 18.0. The third-order valence-corrected chi connectivity index (χ3v) is 7.38. The Balaban J connectivity index is 1.32. The van der Waals surface area contributed by atoms with Gasteiger partial charge in [0.25, 0.3) is 0 Å². The van der Waals surface area contributed by atoms with Gasteiger partial charge in [0.15, 0.2) is 5.65 Å². The fraction of sp³-hybridized carbons (Fsp3) is 0.556. The maximum Gasteiger partial charge on any atom is 0.229 e. The molecule has 1 unspecified atom stereocenters. The average Bonchev–Trinajstić information content (AvgIpc) is 3.34. The molecule has 2 saturated heterocycles. The van der Waals surface area contributed by atoms with Gasteiger partial charge in [0.1, 0.15) is 0 Å². The second kappa shape index (κ2) is 11.4. The Morgan fingerprint density at radius 2 is 2.03 bits per heavy atom. The van der Waals surface area contributed by atoms with Crippen molar-refractivity contribution in [3.63, 3.8) is 0 Å². The van der Waals surface area contributed by atoms with Crippen molar-refractivity contribution in [3.05, 3.63) is 41.6 Å². The standard InChI is InChI=1S/C27H39N9O/c1-18(2)23-17-30-36-24(23)33-26(32-21-9-12-35(3)13-10-21)34-27(36)29-15-19-6-4-8-22(14-19)31-25(37)20-7-5-11-28-16-20/h4,6,8,14,17-18,20-21,28H,5,7,9-13,15-16H2,1-3H3,(H,31,37)(H2,29,32,33,34). The van der Waals surface area contributed by atoms with Crippen LogP contribution < -0.4 is 21.3 Å². The SMILES string of the molecule is CC(C)c1cnn2c(NCc3cccc(NC(=O)C4CCCNC4)c3)nc(NC3CCN(C)CC3)nc12. The summed E-state index contributed by atoms with van der Waals surface area (Å²) in [5.74, 6) is 1.69. The molecule has 198 valence electrons. The van der Waals surface area contributed by atoms with Crippen LogP contribution in [0.2, 0.25) is 0 Å². The first-order valence-electron chi connectivity index (χ1n) is 13.5. The molecule has 0 bridgehead atoms. The van der Waals surface area contributed by atoms with Gasteiger partial charge >= 0.3 is 0 Å². The van der Waals surface area contributed by atoms with Gasteiger partial charge in [-0.05, 0) is 76.0 Å². The highest BCUT2D eigenvalue weighted by Crippen LogP contribution is 2.24. The number of nitrogens with zero attached hydrogens (tertiary/aromatic N) is 5. The summed E-state index contributed by atoms with van der Waals surface area (Å²) < 4.78 is 1.79. The topological polar surface area (TPSA) is 112 Å². The lowest BCUT2D eigenvalue weighted by Gasteiger charge is -2.29. The van der Waals surface area contributed by atoms with Crippen molar-refractivity contribution >= 4 is 29.1 Å². The molecule has 1 amide bonds. The Morgan fingerprint density at radius 3 is 2.78 bits per heavy atom. The third-order valence-electron chi connectivity index (χ3n) is 7.38. The highest BCUT2D eigenvalue weighted by atomic mass is 16.1. The average molecular weight is 506 g/mol. The molecule has 1 aromatic carbocycles. The van der Waals surface area contributed by atoms with E-state index in [0.717, 1.165) is 74.3 Å². The summed E-state index contributed by atoms with van der Waals surface area (Å²) >= 11 is 0. The summed E-state index contributed by atoms with van der Waals surface area (Å²) in [6.45, 7) is 8.72. The number of piperidine rings is 2. The predicted molar refractivity (Wildman–Crippen MR) is 147 cm³/mol. The second-order valence-electron chi connectivity index (χ2n) is 10.7. The van der Waals surface area contributed by atoms with E-state index in [2.05, 4.69) is 52.2 Å². The molecule has 3 aromatic rings. The number of aromatic nitrogens is 4. The van der Waals surface area contributed by atoms with E-state index < -0.39 is 0 Å². The number of likely N-dealkylation sites (tertiary alicyclic amines) is 1. The lowest BCUT2D eigenvalue weighted by molar-refractivity contribution is -0.120. The quantitative estimate of drug-likeness (QED) is 0.369. The van der Waals surface area contributed by atoms with Crippen molar-refractivity contribution in [2.45, 2.75) is 58.0 Å². The normalized spacial score (nSPS) is 19.3. The van der Waals surface area contributed by atoms with Gasteiger partial charge < -0.3 is 26.2 Å². The number of amides is 1. The van der Waals surface area contributed by atoms with Crippen molar-refractivity contribution in [2.75, 3.05) is 49.2 Å². The van der Waals surface area contributed by atoms with Crippen LogP contribution >= 0.6 is 0 Å². The minimum absolute atomic E-state index is 0.0234. The van der Waals surface area contributed by atoms with E-state index in [9.17, 15) is 4.79 Å². The maximum atomic E-state index is 12.7.